The van der Waals surface area contributed by atoms with Gasteiger partial charge in [-0.3, -0.25) is 4.90 Å². The lowest BCUT2D eigenvalue weighted by molar-refractivity contribution is 0.171. The lowest BCUT2D eigenvalue weighted by atomic mass is 10.2. The molecule has 1 fully saturated rings. The van der Waals surface area contributed by atoms with Gasteiger partial charge in [0.2, 0.25) is 0 Å². The maximum absolute atomic E-state index is 3.24. The second-order valence-corrected chi connectivity index (χ2v) is 4.72. The standard InChI is InChI=1S/C9H20N2S/c1-8(6-10-3)11-4-5-12-7-9(11)2/h8-10H,4-7H2,1-3H3. The van der Waals surface area contributed by atoms with Crippen molar-refractivity contribution < 1.29 is 0 Å². The van der Waals surface area contributed by atoms with Gasteiger partial charge in [-0.15, -0.1) is 0 Å². The normalized spacial score (nSPS) is 28.8. The van der Waals surface area contributed by atoms with E-state index in [1.54, 1.807) is 0 Å². The number of rotatable bonds is 3. The number of nitrogens with one attached hydrogen (secondary N) is 1. The highest BCUT2D eigenvalue weighted by Gasteiger charge is 2.22. The fourth-order valence-corrected chi connectivity index (χ4v) is 2.85. The summed E-state index contributed by atoms with van der Waals surface area (Å²) in [6.07, 6.45) is 0. The molecule has 1 heterocycles. The fourth-order valence-electron chi connectivity index (χ4n) is 1.81. The van der Waals surface area contributed by atoms with Gasteiger partial charge in [0.1, 0.15) is 0 Å². The van der Waals surface area contributed by atoms with Crippen LogP contribution in [0.25, 0.3) is 0 Å². The van der Waals surface area contributed by atoms with E-state index in [9.17, 15) is 0 Å². The monoisotopic (exact) mass is 188 g/mol. The zero-order valence-corrected chi connectivity index (χ0v) is 9.16. The van der Waals surface area contributed by atoms with Gasteiger partial charge in [-0.05, 0) is 20.9 Å². The van der Waals surface area contributed by atoms with Gasteiger partial charge in [-0.2, -0.15) is 11.8 Å². The van der Waals surface area contributed by atoms with E-state index in [2.05, 4.69) is 35.8 Å². The van der Waals surface area contributed by atoms with Crippen molar-refractivity contribution in [2.24, 2.45) is 0 Å². The van der Waals surface area contributed by atoms with Crippen molar-refractivity contribution in [3.8, 4) is 0 Å². The van der Waals surface area contributed by atoms with E-state index in [0.717, 1.165) is 12.6 Å². The molecule has 1 aliphatic heterocycles. The van der Waals surface area contributed by atoms with E-state index >= 15 is 0 Å². The van der Waals surface area contributed by atoms with Gasteiger partial charge in [0.05, 0.1) is 0 Å². The molecule has 1 rings (SSSR count). The van der Waals surface area contributed by atoms with Crippen molar-refractivity contribution in [1.29, 1.82) is 0 Å². The van der Waals surface area contributed by atoms with Crippen LogP contribution in [-0.2, 0) is 0 Å². The Hall–Kier alpha value is 0.270. The van der Waals surface area contributed by atoms with Crippen LogP contribution in [0.5, 0.6) is 0 Å². The summed E-state index contributed by atoms with van der Waals surface area (Å²) in [5.74, 6) is 2.60. The second kappa shape index (κ2) is 5.10. The molecule has 12 heavy (non-hydrogen) atoms. The highest BCUT2D eigenvalue weighted by atomic mass is 32.2. The summed E-state index contributed by atoms with van der Waals surface area (Å²) in [4.78, 5) is 2.60. The smallest absolute Gasteiger partial charge is 0.0195 e. The average Bonchev–Trinajstić information content (AvgIpc) is 2.05. The minimum absolute atomic E-state index is 0.686. The third-order valence-electron chi connectivity index (χ3n) is 2.48. The van der Waals surface area contributed by atoms with Gasteiger partial charge in [0.15, 0.2) is 0 Å². The molecule has 3 heteroatoms. The van der Waals surface area contributed by atoms with Crippen LogP contribution in [0.2, 0.25) is 0 Å². The third kappa shape index (κ3) is 2.64. The van der Waals surface area contributed by atoms with E-state index in [1.165, 1.54) is 18.1 Å². The van der Waals surface area contributed by atoms with Gasteiger partial charge in [0.25, 0.3) is 0 Å². The molecule has 0 spiro atoms. The Morgan fingerprint density at radius 3 is 3.00 bits per heavy atom. The molecule has 72 valence electrons. The molecule has 1 saturated heterocycles. The summed E-state index contributed by atoms with van der Waals surface area (Å²) in [5, 5.41) is 3.24. The zero-order chi connectivity index (χ0) is 8.97. The number of likely N-dealkylation sites (N-methyl/N-ethyl adjacent to an activating group) is 1. The van der Waals surface area contributed by atoms with Crippen LogP contribution in [0.3, 0.4) is 0 Å². The van der Waals surface area contributed by atoms with E-state index in [0.29, 0.717) is 6.04 Å². The number of hydrogen-bond acceptors (Lipinski definition) is 3. The highest BCUT2D eigenvalue weighted by Crippen LogP contribution is 2.17. The van der Waals surface area contributed by atoms with Crippen LogP contribution in [0.4, 0.5) is 0 Å². The molecule has 0 amide bonds. The van der Waals surface area contributed by atoms with Crippen molar-refractivity contribution in [3.63, 3.8) is 0 Å². The fraction of sp³-hybridized carbons (Fsp3) is 1.00. The minimum Gasteiger partial charge on any atom is -0.318 e. The Morgan fingerprint density at radius 2 is 2.42 bits per heavy atom. The molecule has 0 aromatic rings. The van der Waals surface area contributed by atoms with Crippen molar-refractivity contribution in [1.82, 2.24) is 10.2 Å². The molecule has 2 nitrogen and oxygen atoms in total. The van der Waals surface area contributed by atoms with Gasteiger partial charge in [-0.25, -0.2) is 0 Å². The summed E-state index contributed by atoms with van der Waals surface area (Å²) in [6.45, 7) is 7.00. The first-order chi connectivity index (χ1) is 5.75. The SMILES string of the molecule is CNCC(C)N1CCSCC1C. The molecule has 1 N–H and O–H groups in total. The Kier molecular flexibility index (Phi) is 4.40. The number of thioether (sulfide) groups is 1. The van der Waals surface area contributed by atoms with E-state index in [1.807, 2.05) is 7.05 Å². The van der Waals surface area contributed by atoms with E-state index in [-0.39, 0.29) is 0 Å². The Labute approximate surface area is 80.1 Å². The first-order valence-electron chi connectivity index (χ1n) is 4.73. The number of hydrogen-bond donors (Lipinski definition) is 1. The van der Waals surface area contributed by atoms with E-state index < -0.39 is 0 Å². The van der Waals surface area contributed by atoms with Crippen molar-refractivity contribution in [3.05, 3.63) is 0 Å². The second-order valence-electron chi connectivity index (χ2n) is 3.57. The largest absolute Gasteiger partial charge is 0.318 e. The van der Waals surface area contributed by atoms with Crippen LogP contribution in [0.15, 0.2) is 0 Å². The summed E-state index contributed by atoms with van der Waals surface area (Å²) < 4.78 is 0. The summed E-state index contributed by atoms with van der Waals surface area (Å²) in [7, 11) is 2.03. The maximum Gasteiger partial charge on any atom is 0.0195 e. The maximum atomic E-state index is 3.24. The van der Waals surface area contributed by atoms with Crippen molar-refractivity contribution in [2.45, 2.75) is 25.9 Å². The van der Waals surface area contributed by atoms with Gasteiger partial charge < -0.3 is 5.32 Å². The molecule has 0 radical (unpaired) electrons. The summed E-state index contributed by atoms with van der Waals surface area (Å²) in [6, 6.07) is 1.44. The molecule has 0 saturated carbocycles. The lowest BCUT2D eigenvalue weighted by Gasteiger charge is -2.37. The minimum atomic E-state index is 0.686. The van der Waals surface area contributed by atoms with Gasteiger partial charge in [0, 0.05) is 36.7 Å². The zero-order valence-electron chi connectivity index (χ0n) is 8.34. The average molecular weight is 188 g/mol. The Bertz CT molecular complexity index is 130. The molecule has 0 aliphatic carbocycles. The Morgan fingerprint density at radius 1 is 1.67 bits per heavy atom. The highest BCUT2D eigenvalue weighted by molar-refractivity contribution is 7.99. The molecule has 2 atom stereocenters. The molecular formula is C9H20N2S. The first-order valence-corrected chi connectivity index (χ1v) is 5.89. The van der Waals surface area contributed by atoms with Crippen LogP contribution in [0, 0.1) is 0 Å². The number of nitrogens with zero attached hydrogens (tertiary/aromatic N) is 1. The first kappa shape index (κ1) is 10.4. The van der Waals surface area contributed by atoms with E-state index in [4.69, 9.17) is 0 Å². The topological polar surface area (TPSA) is 15.3 Å². The van der Waals surface area contributed by atoms with Crippen LogP contribution in [0.1, 0.15) is 13.8 Å². The van der Waals surface area contributed by atoms with Gasteiger partial charge in [-0.1, -0.05) is 0 Å². The third-order valence-corrected chi connectivity index (χ3v) is 3.67. The Balaban J connectivity index is 2.36. The van der Waals surface area contributed by atoms with Crippen molar-refractivity contribution in [2.75, 3.05) is 31.6 Å². The quantitative estimate of drug-likeness (QED) is 0.712. The molecule has 1 aliphatic rings. The molecule has 0 aromatic heterocycles. The van der Waals surface area contributed by atoms with Crippen LogP contribution in [-0.4, -0.2) is 48.6 Å². The molecule has 0 aromatic carbocycles. The lowest BCUT2D eigenvalue weighted by Crippen LogP contribution is -2.49. The van der Waals surface area contributed by atoms with Crippen LogP contribution >= 0.6 is 11.8 Å². The predicted octanol–water partition coefficient (Wildman–Crippen LogP) is 1.03. The van der Waals surface area contributed by atoms with Crippen molar-refractivity contribution >= 4 is 11.8 Å². The predicted molar refractivity (Wildman–Crippen MR) is 56.9 cm³/mol. The molecule has 2 unspecified atom stereocenters. The molecule has 0 bridgehead atoms. The summed E-state index contributed by atoms with van der Waals surface area (Å²) >= 11 is 2.08. The van der Waals surface area contributed by atoms with Gasteiger partial charge >= 0.3 is 0 Å². The molecular weight excluding hydrogens is 168 g/mol. The van der Waals surface area contributed by atoms with Crippen LogP contribution < -0.4 is 5.32 Å². The summed E-state index contributed by atoms with van der Waals surface area (Å²) in [5.41, 5.74) is 0.